The molecule has 1 unspecified atom stereocenters. The van der Waals surface area contributed by atoms with Crippen LogP contribution < -0.4 is 5.73 Å². The molecule has 0 fully saturated rings. The third kappa shape index (κ3) is 2.92. The molecule has 0 heterocycles. The van der Waals surface area contributed by atoms with Gasteiger partial charge >= 0.3 is 5.97 Å². The lowest BCUT2D eigenvalue weighted by Gasteiger charge is -2.09. The van der Waals surface area contributed by atoms with Gasteiger partial charge in [-0.1, -0.05) is 23.7 Å². The highest BCUT2D eigenvalue weighted by molar-refractivity contribution is 6.31. The number of hydrogen-bond acceptors (Lipinski definition) is 3. The predicted molar refractivity (Wildman–Crippen MR) is 56.7 cm³/mol. The molecule has 0 bridgehead atoms. The lowest BCUT2D eigenvalue weighted by atomic mass is 10.1. The van der Waals surface area contributed by atoms with E-state index in [1.54, 1.807) is 25.3 Å². The van der Waals surface area contributed by atoms with E-state index in [1.807, 2.05) is 0 Å². The molecule has 1 aromatic carbocycles. The zero-order chi connectivity index (χ0) is 11.4. The maximum absolute atomic E-state index is 10.6. The van der Waals surface area contributed by atoms with Crippen LogP contribution in [0.2, 0.25) is 5.02 Å². The normalized spacial score (nSPS) is 12.5. The molecule has 0 aliphatic carbocycles. The van der Waals surface area contributed by atoms with Gasteiger partial charge in [0, 0.05) is 12.1 Å². The number of benzene rings is 1. The Labute approximate surface area is 92.6 Å². The van der Waals surface area contributed by atoms with Gasteiger partial charge in [-0.2, -0.15) is 0 Å². The Balaban J connectivity index is 2.95. The summed E-state index contributed by atoms with van der Waals surface area (Å²) in [5.74, 6) is -1.08. The summed E-state index contributed by atoms with van der Waals surface area (Å²) in [5.41, 5.74) is 6.73. The highest BCUT2D eigenvalue weighted by atomic mass is 35.5. The molecular weight excluding hydrogens is 218 g/mol. The summed E-state index contributed by atoms with van der Waals surface area (Å²) in [4.78, 5) is 10.6. The molecule has 15 heavy (non-hydrogen) atoms. The Morgan fingerprint density at radius 3 is 2.80 bits per heavy atom. The van der Waals surface area contributed by atoms with Crippen molar-refractivity contribution in [2.24, 2.45) is 5.73 Å². The minimum absolute atomic E-state index is 0.390. The molecule has 5 heteroatoms. The fraction of sp³-hybridized carbons (Fsp3) is 0.300. The smallest absolute Gasteiger partial charge is 0.325 e. The summed E-state index contributed by atoms with van der Waals surface area (Å²) in [7, 11) is 1.56. The van der Waals surface area contributed by atoms with E-state index in [-0.39, 0.29) is 0 Å². The van der Waals surface area contributed by atoms with Gasteiger partial charge in [-0.05, 0) is 17.2 Å². The third-order valence-corrected chi connectivity index (χ3v) is 2.35. The standard InChI is InChI=1S/C10H12ClNO3/c1-15-5-7-3-2-6(4-8(7)11)9(12)10(13)14/h2-4,9H,5,12H2,1H3,(H,13,14). The summed E-state index contributed by atoms with van der Waals surface area (Å²) in [5, 5.41) is 9.17. The zero-order valence-electron chi connectivity index (χ0n) is 8.24. The van der Waals surface area contributed by atoms with Crippen LogP contribution in [0, 0.1) is 0 Å². The molecule has 82 valence electrons. The second kappa shape index (κ2) is 5.11. The number of hydrogen-bond donors (Lipinski definition) is 2. The summed E-state index contributed by atoms with van der Waals surface area (Å²) in [6, 6.07) is 3.86. The molecule has 0 aliphatic heterocycles. The molecule has 0 aliphatic rings. The number of carbonyl (C=O) groups is 1. The minimum Gasteiger partial charge on any atom is -0.480 e. The van der Waals surface area contributed by atoms with E-state index in [4.69, 9.17) is 27.2 Å². The first-order chi connectivity index (χ1) is 7.06. The monoisotopic (exact) mass is 229 g/mol. The molecule has 1 rings (SSSR count). The summed E-state index contributed by atoms with van der Waals surface area (Å²) in [6.45, 7) is 0.390. The molecule has 0 aromatic heterocycles. The van der Waals surface area contributed by atoms with Crippen LogP contribution in [-0.4, -0.2) is 18.2 Å². The van der Waals surface area contributed by atoms with Crippen molar-refractivity contribution in [3.05, 3.63) is 34.3 Å². The fourth-order valence-corrected chi connectivity index (χ4v) is 1.42. The third-order valence-electron chi connectivity index (χ3n) is 2.00. The van der Waals surface area contributed by atoms with Crippen LogP contribution in [0.25, 0.3) is 0 Å². The summed E-state index contributed by atoms with van der Waals surface area (Å²) >= 11 is 5.93. The van der Waals surface area contributed by atoms with Crippen LogP contribution in [0.3, 0.4) is 0 Å². The average molecular weight is 230 g/mol. The van der Waals surface area contributed by atoms with Gasteiger partial charge in [-0.15, -0.1) is 0 Å². The largest absolute Gasteiger partial charge is 0.480 e. The van der Waals surface area contributed by atoms with E-state index in [0.29, 0.717) is 17.2 Å². The van der Waals surface area contributed by atoms with E-state index in [1.165, 1.54) is 0 Å². The Bertz CT molecular complexity index is 368. The molecule has 4 nitrogen and oxygen atoms in total. The Morgan fingerprint density at radius 2 is 2.33 bits per heavy atom. The van der Waals surface area contributed by atoms with Gasteiger partial charge in [0.05, 0.1) is 6.61 Å². The Morgan fingerprint density at radius 1 is 1.67 bits per heavy atom. The van der Waals surface area contributed by atoms with Crippen molar-refractivity contribution in [3.63, 3.8) is 0 Å². The van der Waals surface area contributed by atoms with Crippen LogP contribution in [0.15, 0.2) is 18.2 Å². The number of carboxylic acid groups (broad SMARTS) is 1. The SMILES string of the molecule is COCc1ccc(C(N)C(=O)O)cc1Cl. The van der Waals surface area contributed by atoms with Gasteiger partial charge in [0.15, 0.2) is 0 Å². The van der Waals surface area contributed by atoms with E-state index < -0.39 is 12.0 Å². The fourth-order valence-electron chi connectivity index (χ4n) is 1.17. The zero-order valence-corrected chi connectivity index (χ0v) is 8.99. The van der Waals surface area contributed by atoms with Crippen molar-refractivity contribution in [1.29, 1.82) is 0 Å². The van der Waals surface area contributed by atoms with Crippen molar-refractivity contribution in [2.45, 2.75) is 12.6 Å². The topological polar surface area (TPSA) is 72.5 Å². The molecule has 0 amide bonds. The number of rotatable bonds is 4. The molecule has 0 radical (unpaired) electrons. The summed E-state index contributed by atoms with van der Waals surface area (Å²) in [6.07, 6.45) is 0. The highest BCUT2D eigenvalue weighted by Crippen LogP contribution is 2.21. The van der Waals surface area contributed by atoms with Crippen LogP contribution in [0.5, 0.6) is 0 Å². The molecule has 0 saturated heterocycles. The molecular formula is C10H12ClNO3. The molecule has 0 saturated carbocycles. The van der Waals surface area contributed by atoms with Gasteiger partial charge in [0.25, 0.3) is 0 Å². The first-order valence-electron chi connectivity index (χ1n) is 4.32. The number of halogens is 1. The van der Waals surface area contributed by atoms with Crippen LogP contribution in [0.1, 0.15) is 17.2 Å². The molecule has 3 N–H and O–H groups in total. The maximum atomic E-state index is 10.6. The lowest BCUT2D eigenvalue weighted by molar-refractivity contribution is -0.138. The number of aliphatic carboxylic acids is 1. The first-order valence-corrected chi connectivity index (χ1v) is 4.69. The highest BCUT2D eigenvalue weighted by Gasteiger charge is 2.15. The first kappa shape index (κ1) is 12.0. The second-order valence-electron chi connectivity index (χ2n) is 3.10. The van der Waals surface area contributed by atoms with Crippen LogP contribution in [-0.2, 0) is 16.1 Å². The predicted octanol–water partition coefficient (Wildman–Crippen LogP) is 1.57. The van der Waals surface area contributed by atoms with E-state index >= 15 is 0 Å². The lowest BCUT2D eigenvalue weighted by Crippen LogP contribution is -2.20. The molecule has 1 atom stereocenters. The number of nitrogens with two attached hydrogens (primary N) is 1. The van der Waals surface area contributed by atoms with E-state index in [2.05, 4.69) is 0 Å². The van der Waals surface area contributed by atoms with Gasteiger partial charge in [-0.3, -0.25) is 4.79 Å². The van der Waals surface area contributed by atoms with E-state index in [9.17, 15) is 4.79 Å². The van der Waals surface area contributed by atoms with Crippen LogP contribution in [0.4, 0.5) is 0 Å². The van der Waals surface area contributed by atoms with E-state index in [0.717, 1.165) is 5.56 Å². The maximum Gasteiger partial charge on any atom is 0.325 e. The van der Waals surface area contributed by atoms with Crippen molar-refractivity contribution in [1.82, 2.24) is 0 Å². The quantitative estimate of drug-likeness (QED) is 0.822. The van der Waals surface area contributed by atoms with Gasteiger partial charge in [-0.25, -0.2) is 0 Å². The number of ether oxygens (including phenoxy) is 1. The minimum atomic E-state index is -1.08. The number of carboxylic acids is 1. The molecule has 0 spiro atoms. The average Bonchev–Trinajstić information content (AvgIpc) is 2.20. The van der Waals surface area contributed by atoms with Gasteiger partial charge in [0.1, 0.15) is 6.04 Å². The Kier molecular flexibility index (Phi) is 4.08. The van der Waals surface area contributed by atoms with Crippen molar-refractivity contribution >= 4 is 17.6 Å². The number of methoxy groups -OCH3 is 1. The van der Waals surface area contributed by atoms with Gasteiger partial charge in [0.2, 0.25) is 0 Å². The molecule has 1 aromatic rings. The Hall–Kier alpha value is -1.10. The van der Waals surface area contributed by atoms with Gasteiger partial charge < -0.3 is 15.6 Å². The summed E-state index contributed by atoms with van der Waals surface area (Å²) < 4.78 is 4.92. The van der Waals surface area contributed by atoms with Crippen LogP contribution >= 0.6 is 11.6 Å². The van der Waals surface area contributed by atoms with Crippen molar-refractivity contribution in [3.8, 4) is 0 Å². The van der Waals surface area contributed by atoms with Crippen molar-refractivity contribution < 1.29 is 14.6 Å². The second-order valence-corrected chi connectivity index (χ2v) is 3.51. The van der Waals surface area contributed by atoms with Crippen molar-refractivity contribution in [2.75, 3.05) is 7.11 Å².